The van der Waals surface area contributed by atoms with Crippen LogP contribution in [0, 0.1) is 17.7 Å². The predicted octanol–water partition coefficient (Wildman–Crippen LogP) is 2.28. The molecule has 6 heteroatoms. The van der Waals surface area contributed by atoms with Crippen molar-refractivity contribution in [3.05, 3.63) is 35.6 Å². The van der Waals surface area contributed by atoms with E-state index in [-0.39, 0.29) is 23.6 Å². The van der Waals surface area contributed by atoms with Crippen molar-refractivity contribution in [3.8, 4) is 0 Å². The Morgan fingerprint density at radius 3 is 2.63 bits per heavy atom. The zero-order valence-electron chi connectivity index (χ0n) is 16.4. The maximum absolute atomic E-state index is 13.0. The Balaban J connectivity index is 1.51. The lowest BCUT2D eigenvalue weighted by Crippen LogP contribution is -2.57. The summed E-state index contributed by atoms with van der Waals surface area (Å²) in [7, 11) is 1.90. The average Bonchev–Trinajstić information content (AvgIpc) is 2.66. The first kappa shape index (κ1) is 20.2. The number of likely N-dealkylation sites (N-methyl/N-ethyl adjacent to an activating group) is 1. The molecular weight excluding hydrogens is 347 g/mol. The second-order valence-corrected chi connectivity index (χ2v) is 8.17. The smallest absolute Gasteiger partial charge is 0.236 e. The number of halogens is 1. The highest BCUT2D eigenvalue weighted by Crippen LogP contribution is 2.39. The first-order chi connectivity index (χ1) is 12.9. The van der Waals surface area contributed by atoms with Gasteiger partial charge in [0.05, 0.1) is 12.1 Å². The van der Waals surface area contributed by atoms with Gasteiger partial charge >= 0.3 is 0 Å². The predicted molar refractivity (Wildman–Crippen MR) is 102 cm³/mol. The number of hydrogen-bond acceptors (Lipinski definition) is 4. The van der Waals surface area contributed by atoms with Crippen LogP contribution in [0.5, 0.6) is 0 Å². The van der Waals surface area contributed by atoms with E-state index >= 15 is 0 Å². The molecule has 150 valence electrons. The Kier molecular flexibility index (Phi) is 6.50. The molecule has 5 nitrogen and oxygen atoms in total. The van der Waals surface area contributed by atoms with E-state index in [1.165, 1.54) is 12.1 Å². The van der Waals surface area contributed by atoms with E-state index < -0.39 is 5.60 Å². The van der Waals surface area contributed by atoms with Crippen LogP contribution in [0.4, 0.5) is 4.39 Å². The fraction of sp³-hybridized carbons (Fsp3) is 0.667. The Labute approximate surface area is 161 Å². The fourth-order valence-electron chi connectivity index (χ4n) is 4.46. The minimum Gasteiger partial charge on any atom is -0.389 e. The largest absolute Gasteiger partial charge is 0.389 e. The number of amides is 1. The van der Waals surface area contributed by atoms with Gasteiger partial charge < -0.3 is 14.7 Å². The lowest BCUT2D eigenvalue weighted by molar-refractivity contribution is -0.152. The van der Waals surface area contributed by atoms with Crippen LogP contribution < -0.4 is 0 Å². The van der Waals surface area contributed by atoms with Crippen LogP contribution in [0.3, 0.4) is 0 Å². The lowest BCUT2D eigenvalue weighted by atomic mass is 9.70. The molecule has 0 aromatic heterocycles. The highest BCUT2D eigenvalue weighted by Gasteiger charge is 2.45. The SMILES string of the molecule is C[C@@H]1CN(C(=O)CN(C)Cc2ccc(F)cc2)CC[C@@]1(O)C1CCOCC1. The molecule has 2 aliphatic heterocycles. The number of ether oxygens (including phenoxy) is 1. The summed E-state index contributed by atoms with van der Waals surface area (Å²) in [5.41, 5.74) is 0.285. The second-order valence-electron chi connectivity index (χ2n) is 8.17. The second kappa shape index (κ2) is 8.67. The standard InChI is InChI=1S/C21H31FN2O3/c1-16-13-24(10-9-21(16,26)18-7-11-27-12-8-18)20(25)15-23(2)14-17-3-5-19(22)6-4-17/h3-6,16,18,26H,7-15H2,1-2H3/t16-,21+/m1/s1. The van der Waals surface area contributed by atoms with E-state index in [9.17, 15) is 14.3 Å². The van der Waals surface area contributed by atoms with Gasteiger partial charge in [0, 0.05) is 38.8 Å². The van der Waals surface area contributed by atoms with E-state index in [4.69, 9.17) is 4.74 Å². The minimum atomic E-state index is -0.694. The summed E-state index contributed by atoms with van der Waals surface area (Å²) < 4.78 is 18.4. The molecule has 0 bridgehead atoms. The Hall–Kier alpha value is -1.50. The Morgan fingerprint density at radius 2 is 2.00 bits per heavy atom. The number of aliphatic hydroxyl groups is 1. The molecule has 0 radical (unpaired) electrons. The molecule has 1 aromatic carbocycles. The number of nitrogens with zero attached hydrogens (tertiary/aromatic N) is 2. The molecule has 3 rings (SSSR count). The van der Waals surface area contributed by atoms with Crippen molar-refractivity contribution in [2.45, 2.75) is 38.3 Å². The maximum Gasteiger partial charge on any atom is 0.236 e. The van der Waals surface area contributed by atoms with Gasteiger partial charge in [0.2, 0.25) is 5.91 Å². The Morgan fingerprint density at radius 1 is 1.33 bits per heavy atom. The minimum absolute atomic E-state index is 0.0562. The topological polar surface area (TPSA) is 53.0 Å². The first-order valence-corrected chi connectivity index (χ1v) is 9.89. The van der Waals surface area contributed by atoms with E-state index in [1.807, 2.05) is 16.8 Å². The van der Waals surface area contributed by atoms with E-state index in [0.29, 0.717) is 32.6 Å². The Bertz CT molecular complexity index is 633. The molecule has 2 saturated heterocycles. The number of hydrogen-bond donors (Lipinski definition) is 1. The molecule has 0 spiro atoms. The van der Waals surface area contributed by atoms with Gasteiger partial charge in [-0.3, -0.25) is 9.69 Å². The van der Waals surface area contributed by atoms with Gasteiger partial charge in [-0.15, -0.1) is 0 Å². The van der Waals surface area contributed by atoms with Crippen LogP contribution in [-0.2, 0) is 16.1 Å². The van der Waals surface area contributed by atoms with Crippen molar-refractivity contribution < 1.29 is 19.0 Å². The molecule has 1 amide bonds. The molecule has 2 fully saturated rings. The molecule has 2 heterocycles. The quantitative estimate of drug-likeness (QED) is 0.854. The summed E-state index contributed by atoms with van der Waals surface area (Å²) in [6, 6.07) is 6.36. The lowest BCUT2D eigenvalue weighted by Gasteiger charge is -2.48. The van der Waals surface area contributed by atoms with Crippen LogP contribution in [0.15, 0.2) is 24.3 Å². The van der Waals surface area contributed by atoms with Crippen LogP contribution >= 0.6 is 0 Å². The van der Waals surface area contributed by atoms with E-state index in [1.54, 1.807) is 12.1 Å². The number of benzene rings is 1. The third-order valence-electron chi connectivity index (χ3n) is 6.18. The van der Waals surface area contributed by atoms with Gasteiger partial charge in [0.25, 0.3) is 0 Å². The fourth-order valence-corrected chi connectivity index (χ4v) is 4.46. The van der Waals surface area contributed by atoms with Gasteiger partial charge in [-0.2, -0.15) is 0 Å². The number of carbonyl (C=O) groups excluding carboxylic acids is 1. The highest BCUT2D eigenvalue weighted by molar-refractivity contribution is 5.78. The molecular formula is C21H31FN2O3. The molecule has 2 atom stereocenters. The summed E-state index contributed by atoms with van der Waals surface area (Å²) in [4.78, 5) is 16.5. The third kappa shape index (κ3) is 4.86. The molecule has 27 heavy (non-hydrogen) atoms. The van der Waals surface area contributed by atoms with Gasteiger partial charge in [-0.05, 0) is 49.9 Å². The van der Waals surface area contributed by atoms with Crippen LogP contribution in [0.25, 0.3) is 0 Å². The number of likely N-dealkylation sites (tertiary alicyclic amines) is 1. The van der Waals surface area contributed by atoms with Crippen molar-refractivity contribution in [2.75, 3.05) is 39.9 Å². The summed E-state index contributed by atoms with van der Waals surface area (Å²) in [6.45, 7) is 5.60. The molecule has 0 unspecified atom stereocenters. The zero-order chi connectivity index (χ0) is 19.4. The van der Waals surface area contributed by atoms with Crippen molar-refractivity contribution >= 4 is 5.91 Å². The molecule has 1 N–H and O–H groups in total. The van der Waals surface area contributed by atoms with Gasteiger partial charge in [-0.25, -0.2) is 4.39 Å². The first-order valence-electron chi connectivity index (χ1n) is 9.89. The molecule has 2 aliphatic rings. The summed E-state index contributed by atoms with van der Waals surface area (Å²) in [5, 5.41) is 11.2. The van der Waals surface area contributed by atoms with Crippen molar-refractivity contribution in [2.24, 2.45) is 11.8 Å². The van der Waals surface area contributed by atoms with Gasteiger partial charge in [-0.1, -0.05) is 19.1 Å². The third-order valence-corrected chi connectivity index (χ3v) is 6.18. The van der Waals surface area contributed by atoms with Gasteiger partial charge in [0.1, 0.15) is 5.82 Å². The number of carbonyl (C=O) groups is 1. The van der Waals surface area contributed by atoms with Crippen LogP contribution in [0.2, 0.25) is 0 Å². The molecule has 0 saturated carbocycles. The van der Waals surface area contributed by atoms with E-state index in [2.05, 4.69) is 6.92 Å². The van der Waals surface area contributed by atoms with Crippen LogP contribution in [-0.4, -0.2) is 66.3 Å². The summed E-state index contributed by atoms with van der Waals surface area (Å²) >= 11 is 0. The van der Waals surface area contributed by atoms with Crippen molar-refractivity contribution in [1.82, 2.24) is 9.80 Å². The normalized spacial score (nSPS) is 27.1. The summed E-state index contributed by atoms with van der Waals surface area (Å²) in [5.74, 6) is 0.151. The van der Waals surface area contributed by atoms with Crippen LogP contribution in [0.1, 0.15) is 31.7 Å². The van der Waals surface area contributed by atoms with E-state index in [0.717, 1.165) is 31.6 Å². The monoisotopic (exact) mass is 378 g/mol. The zero-order valence-corrected chi connectivity index (χ0v) is 16.4. The molecule has 0 aliphatic carbocycles. The van der Waals surface area contributed by atoms with Crippen molar-refractivity contribution in [3.63, 3.8) is 0 Å². The van der Waals surface area contributed by atoms with Gasteiger partial charge in [0.15, 0.2) is 0 Å². The number of piperidine rings is 1. The highest BCUT2D eigenvalue weighted by atomic mass is 19.1. The average molecular weight is 378 g/mol. The van der Waals surface area contributed by atoms with Crippen molar-refractivity contribution in [1.29, 1.82) is 0 Å². The number of rotatable bonds is 5. The summed E-state index contributed by atoms with van der Waals surface area (Å²) in [6.07, 6.45) is 2.43. The molecule has 1 aromatic rings. The maximum atomic E-state index is 13.0.